The zero-order chi connectivity index (χ0) is 19.3. The van der Waals surface area contributed by atoms with Gasteiger partial charge in [-0.2, -0.15) is 0 Å². The van der Waals surface area contributed by atoms with Gasteiger partial charge in [0, 0.05) is 10.7 Å². The number of carbonyl (C=O) groups excluding carboxylic acids is 2. The van der Waals surface area contributed by atoms with Gasteiger partial charge < -0.3 is 15.8 Å². The Balaban J connectivity index is 1.70. The molecule has 0 radical (unpaired) electrons. The van der Waals surface area contributed by atoms with E-state index in [1.165, 1.54) is 0 Å². The van der Waals surface area contributed by atoms with E-state index >= 15 is 0 Å². The molecule has 2 aromatic rings. The largest absolute Gasteiger partial charge is 0.493 e. The summed E-state index contributed by atoms with van der Waals surface area (Å²) in [6.45, 7) is 0.235. The molecule has 2 aromatic carbocycles. The van der Waals surface area contributed by atoms with Gasteiger partial charge in [0.2, 0.25) is 11.8 Å². The van der Waals surface area contributed by atoms with Crippen molar-refractivity contribution < 1.29 is 14.3 Å². The Bertz CT molecular complexity index is 814. The Morgan fingerprint density at radius 1 is 1.11 bits per heavy atom. The number of amides is 2. The minimum Gasteiger partial charge on any atom is -0.493 e. The van der Waals surface area contributed by atoms with Crippen LogP contribution in [-0.4, -0.2) is 18.4 Å². The molecule has 0 bridgehead atoms. The fourth-order valence-corrected chi connectivity index (χ4v) is 3.76. The van der Waals surface area contributed by atoms with Crippen molar-refractivity contribution in [2.24, 2.45) is 5.73 Å². The van der Waals surface area contributed by atoms with Gasteiger partial charge in [-0.3, -0.25) is 9.59 Å². The number of benzene rings is 2. The predicted octanol–water partition coefficient (Wildman–Crippen LogP) is 4.04. The van der Waals surface area contributed by atoms with Crippen molar-refractivity contribution in [2.75, 3.05) is 11.9 Å². The molecule has 1 aliphatic rings. The van der Waals surface area contributed by atoms with Crippen molar-refractivity contribution in [3.63, 3.8) is 0 Å². The first-order valence-electron chi connectivity index (χ1n) is 9.08. The summed E-state index contributed by atoms with van der Waals surface area (Å²) in [6, 6.07) is 14.7. The Labute approximate surface area is 163 Å². The molecule has 3 N–H and O–H groups in total. The van der Waals surface area contributed by atoms with E-state index in [9.17, 15) is 9.59 Å². The average molecular weight is 387 g/mol. The summed E-state index contributed by atoms with van der Waals surface area (Å²) >= 11 is 6.15. The van der Waals surface area contributed by atoms with E-state index in [1.54, 1.807) is 24.3 Å². The summed E-state index contributed by atoms with van der Waals surface area (Å²) in [5, 5.41) is 3.68. The number of ether oxygens (including phenoxy) is 1. The fourth-order valence-electron chi connectivity index (χ4n) is 3.57. The van der Waals surface area contributed by atoms with Crippen molar-refractivity contribution in [2.45, 2.75) is 37.5 Å². The Morgan fingerprint density at radius 3 is 2.44 bits per heavy atom. The molecule has 1 aliphatic carbocycles. The van der Waals surface area contributed by atoms with Crippen molar-refractivity contribution >= 4 is 29.1 Å². The van der Waals surface area contributed by atoms with Gasteiger partial charge >= 0.3 is 0 Å². The van der Waals surface area contributed by atoms with Crippen molar-refractivity contribution in [1.82, 2.24) is 0 Å². The van der Waals surface area contributed by atoms with Crippen LogP contribution in [0.5, 0.6) is 5.75 Å². The first kappa shape index (κ1) is 19.2. The van der Waals surface area contributed by atoms with E-state index in [-0.39, 0.29) is 18.9 Å². The summed E-state index contributed by atoms with van der Waals surface area (Å²) in [6.07, 6.45) is 3.83. The lowest BCUT2D eigenvalue weighted by atomic mass is 9.78. The summed E-state index contributed by atoms with van der Waals surface area (Å²) in [4.78, 5) is 23.9. The maximum Gasteiger partial charge on any atom is 0.235 e. The molecular formula is C21H23ClN2O3. The van der Waals surface area contributed by atoms with Crippen LogP contribution in [0.2, 0.25) is 5.02 Å². The van der Waals surface area contributed by atoms with Gasteiger partial charge in [-0.25, -0.2) is 0 Å². The van der Waals surface area contributed by atoms with Crippen LogP contribution in [0, 0.1) is 0 Å². The number of rotatable bonds is 7. The fraction of sp³-hybridized carbons (Fsp3) is 0.333. The van der Waals surface area contributed by atoms with Crippen LogP contribution in [0.4, 0.5) is 5.69 Å². The zero-order valence-corrected chi connectivity index (χ0v) is 15.8. The van der Waals surface area contributed by atoms with Gasteiger partial charge in [0.15, 0.2) is 0 Å². The summed E-state index contributed by atoms with van der Waals surface area (Å²) in [5.74, 6) is 0.214. The molecule has 1 saturated carbocycles. The number of nitrogens with one attached hydrogen (secondary N) is 1. The molecule has 6 heteroatoms. The second-order valence-electron chi connectivity index (χ2n) is 6.84. The van der Waals surface area contributed by atoms with E-state index in [0.29, 0.717) is 16.5 Å². The Hall–Kier alpha value is -2.53. The molecule has 0 saturated heterocycles. The lowest BCUT2D eigenvalue weighted by Gasteiger charge is -2.28. The second kappa shape index (κ2) is 8.44. The normalized spacial score (nSPS) is 15.3. The molecule has 0 unspecified atom stereocenters. The van der Waals surface area contributed by atoms with Gasteiger partial charge in [0.05, 0.1) is 18.4 Å². The topological polar surface area (TPSA) is 81.4 Å². The molecular weight excluding hydrogens is 364 g/mol. The molecule has 1 fully saturated rings. The second-order valence-corrected chi connectivity index (χ2v) is 7.28. The lowest BCUT2D eigenvalue weighted by molar-refractivity contribution is -0.121. The third-order valence-corrected chi connectivity index (χ3v) is 5.23. The summed E-state index contributed by atoms with van der Waals surface area (Å²) in [5.41, 5.74) is 6.22. The zero-order valence-electron chi connectivity index (χ0n) is 15.0. The van der Waals surface area contributed by atoms with Crippen LogP contribution in [0.25, 0.3) is 0 Å². The van der Waals surface area contributed by atoms with Crippen LogP contribution in [-0.2, 0) is 15.0 Å². The van der Waals surface area contributed by atoms with Crippen LogP contribution in [0.3, 0.4) is 0 Å². The molecule has 0 aliphatic heterocycles. The van der Waals surface area contributed by atoms with E-state index in [4.69, 9.17) is 22.1 Å². The van der Waals surface area contributed by atoms with Crippen LogP contribution in [0.15, 0.2) is 48.5 Å². The predicted molar refractivity (Wildman–Crippen MR) is 106 cm³/mol. The third kappa shape index (κ3) is 4.61. The Morgan fingerprint density at radius 2 is 1.81 bits per heavy atom. The highest BCUT2D eigenvalue weighted by Gasteiger charge is 2.42. The number of hydrogen-bond acceptors (Lipinski definition) is 3. The minimum atomic E-state index is -0.540. The molecule has 27 heavy (non-hydrogen) atoms. The minimum absolute atomic E-state index is 0.00957. The van der Waals surface area contributed by atoms with Crippen molar-refractivity contribution in [3.05, 3.63) is 59.1 Å². The average Bonchev–Trinajstić information content (AvgIpc) is 3.14. The molecule has 0 atom stereocenters. The summed E-state index contributed by atoms with van der Waals surface area (Å²) in [7, 11) is 0. The van der Waals surface area contributed by atoms with Gasteiger partial charge in [-0.05, 0) is 54.8 Å². The maximum atomic E-state index is 13.1. The standard InChI is InChI=1S/C21H23ClN2O3/c22-16-5-3-4-15(14-16)21(11-1-2-12-21)20(26)24-17-6-8-18(9-7-17)27-13-10-19(23)25/h3-9,14H,1-2,10-13H2,(H2,23,25)(H,24,26). The molecule has 142 valence electrons. The number of carbonyl (C=O) groups is 2. The molecule has 0 aromatic heterocycles. The molecule has 0 spiro atoms. The first-order valence-corrected chi connectivity index (χ1v) is 9.46. The SMILES string of the molecule is NC(=O)CCOc1ccc(NC(=O)C2(c3cccc(Cl)c3)CCCC2)cc1. The molecule has 2 amide bonds. The Kier molecular flexibility index (Phi) is 6.01. The van der Waals surface area contributed by atoms with Gasteiger partial charge in [0.1, 0.15) is 5.75 Å². The van der Waals surface area contributed by atoms with Crippen molar-refractivity contribution in [1.29, 1.82) is 0 Å². The smallest absolute Gasteiger partial charge is 0.235 e. The number of nitrogens with two attached hydrogens (primary N) is 1. The number of halogens is 1. The van der Waals surface area contributed by atoms with E-state index in [0.717, 1.165) is 31.2 Å². The molecule has 3 rings (SSSR count). The number of hydrogen-bond donors (Lipinski definition) is 2. The maximum absolute atomic E-state index is 13.1. The van der Waals surface area contributed by atoms with Gasteiger partial charge in [0.25, 0.3) is 0 Å². The first-order chi connectivity index (χ1) is 13.0. The highest BCUT2D eigenvalue weighted by molar-refractivity contribution is 6.30. The molecule has 5 nitrogen and oxygen atoms in total. The highest BCUT2D eigenvalue weighted by Crippen LogP contribution is 2.42. The summed E-state index contributed by atoms with van der Waals surface area (Å²) < 4.78 is 5.45. The van der Waals surface area contributed by atoms with Crippen LogP contribution in [0.1, 0.15) is 37.7 Å². The van der Waals surface area contributed by atoms with Gasteiger partial charge in [-0.1, -0.05) is 36.6 Å². The van der Waals surface area contributed by atoms with E-state index in [2.05, 4.69) is 5.32 Å². The lowest BCUT2D eigenvalue weighted by Crippen LogP contribution is -2.38. The van der Waals surface area contributed by atoms with Crippen LogP contribution < -0.4 is 15.8 Å². The quantitative estimate of drug-likeness (QED) is 0.753. The van der Waals surface area contributed by atoms with Gasteiger partial charge in [-0.15, -0.1) is 0 Å². The van der Waals surface area contributed by atoms with E-state index < -0.39 is 11.3 Å². The molecule has 0 heterocycles. The highest BCUT2D eigenvalue weighted by atomic mass is 35.5. The number of primary amides is 1. The van der Waals surface area contributed by atoms with E-state index in [1.807, 2.05) is 24.3 Å². The van der Waals surface area contributed by atoms with Crippen LogP contribution >= 0.6 is 11.6 Å². The monoisotopic (exact) mass is 386 g/mol. The third-order valence-electron chi connectivity index (χ3n) is 5.00. The van der Waals surface area contributed by atoms with Crippen molar-refractivity contribution in [3.8, 4) is 5.75 Å². The number of anilines is 1.